The SMILES string of the molecule is COc1ccc(CC(=O)OCC(=O)Nc2c(C)cc(C)cc2Cl)cc1F. The third kappa shape index (κ3) is 5.20. The summed E-state index contributed by atoms with van der Waals surface area (Å²) in [5, 5.41) is 3.04. The fourth-order valence-electron chi connectivity index (χ4n) is 2.43. The Hall–Kier alpha value is -2.60. The van der Waals surface area contributed by atoms with Crippen molar-refractivity contribution in [2.45, 2.75) is 20.3 Å². The van der Waals surface area contributed by atoms with Gasteiger partial charge in [-0.15, -0.1) is 0 Å². The van der Waals surface area contributed by atoms with Gasteiger partial charge in [-0.3, -0.25) is 9.59 Å². The van der Waals surface area contributed by atoms with Gasteiger partial charge in [-0.2, -0.15) is 0 Å². The molecule has 0 saturated heterocycles. The van der Waals surface area contributed by atoms with Gasteiger partial charge in [0.1, 0.15) is 0 Å². The number of carbonyl (C=O) groups is 2. The van der Waals surface area contributed by atoms with Gasteiger partial charge >= 0.3 is 5.97 Å². The molecule has 0 aromatic heterocycles. The van der Waals surface area contributed by atoms with Crippen molar-refractivity contribution in [3.8, 4) is 5.75 Å². The summed E-state index contributed by atoms with van der Waals surface area (Å²) in [5.41, 5.74) is 2.69. The summed E-state index contributed by atoms with van der Waals surface area (Å²) in [6, 6.07) is 7.78. The topological polar surface area (TPSA) is 64.6 Å². The predicted molar refractivity (Wildman–Crippen MR) is 97.2 cm³/mol. The zero-order valence-corrected chi connectivity index (χ0v) is 15.4. The lowest BCUT2D eigenvalue weighted by molar-refractivity contribution is -0.146. The molecular formula is C19H19ClFNO4. The Morgan fingerprint density at radius 1 is 1.19 bits per heavy atom. The van der Waals surface area contributed by atoms with Crippen molar-refractivity contribution >= 4 is 29.2 Å². The molecule has 0 unspecified atom stereocenters. The number of hydrogen-bond donors (Lipinski definition) is 1. The van der Waals surface area contributed by atoms with Crippen molar-refractivity contribution in [1.82, 2.24) is 0 Å². The fourth-order valence-corrected chi connectivity index (χ4v) is 2.80. The van der Waals surface area contributed by atoms with Gasteiger partial charge in [-0.25, -0.2) is 4.39 Å². The monoisotopic (exact) mass is 379 g/mol. The molecule has 0 saturated carbocycles. The molecule has 1 N–H and O–H groups in total. The maximum atomic E-state index is 13.6. The fraction of sp³-hybridized carbons (Fsp3) is 0.263. The maximum Gasteiger partial charge on any atom is 0.310 e. The molecule has 2 rings (SSSR count). The summed E-state index contributed by atoms with van der Waals surface area (Å²) in [4.78, 5) is 23.8. The third-order valence-corrected chi connectivity index (χ3v) is 3.92. The molecule has 2 aromatic rings. The van der Waals surface area contributed by atoms with E-state index in [4.69, 9.17) is 21.1 Å². The van der Waals surface area contributed by atoms with Crippen LogP contribution in [0, 0.1) is 19.7 Å². The number of benzene rings is 2. The maximum absolute atomic E-state index is 13.6. The highest BCUT2D eigenvalue weighted by Gasteiger charge is 2.13. The standard InChI is InChI=1S/C19H19ClFNO4/c1-11-6-12(2)19(14(20)7-11)22-17(23)10-26-18(24)9-13-4-5-16(25-3)15(21)8-13/h4-8H,9-10H2,1-3H3,(H,22,23). The van der Waals surface area contributed by atoms with Crippen molar-refractivity contribution < 1.29 is 23.5 Å². The summed E-state index contributed by atoms with van der Waals surface area (Å²) in [7, 11) is 1.35. The number of esters is 1. The Morgan fingerprint density at radius 2 is 1.92 bits per heavy atom. The number of anilines is 1. The van der Waals surface area contributed by atoms with Crippen LogP contribution in [0.3, 0.4) is 0 Å². The molecule has 0 atom stereocenters. The van der Waals surface area contributed by atoms with Crippen LogP contribution in [0.25, 0.3) is 0 Å². The highest BCUT2D eigenvalue weighted by Crippen LogP contribution is 2.27. The molecule has 0 heterocycles. The number of ether oxygens (including phenoxy) is 2. The van der Waals surface area contributed by atoms with Crippen LogP contribution in [0.5, 0.6) is 5.75 Å². The van der Waals surface area contributed by atoms with Crippen LogP contribution in [-0.2, 0) is 20.7 Å². The molecule has 0 spiro atoms. The van der Waals surface area contributed by atoms with Crippen LogP contribution in [-0.4, -0.2) is 25.6 Å². The number of nitrogens with one attached hydrogen (secondary N) is 1. The number of halogens is 2. The van der Waals surface area contributed by atoms with Gasteiger partial charge in [0.25, 0.3) is 5.91 Å². The molecule has 5 nitrogen and oxygen atoms in total. The van der Waals surface area contributed by atoms with Gasteiger partial charge < -0.3 is 14.8 Å². The summed E-state index contributed by atoms with van der Waals surface area (Å²) >= 11 is 6.12. The quantitative estimate of drug-likeness (QED) is 0.775. The molecule has 7 heteroatoms. The number of methoxy groups -OCH3 is 1. The van der Waals surface area contributed by atoms with Gasteiger partial charge in [0.2, 0.25) is 0 Å². The Balaban J connectivity index is 1.89. The zero-order chi connectivity index (χ0) is 19.3. The van der Waals surface area contributed by atoms with Gasteiger partial charge in [-0.05, 0) is 48.7 Å². The van der Waals surface area contributed by atoms with E-state index in [9.17, 15) is 14.0 Å². The Kier molecular flexibility index (Phi) is 6.58. The molecule has 0 radical (unpaired) electrons. The average Bonchev–Trinajstić information content (AvgIpc) is 2.56. The number of aryl methyl sites for hydroxylation is 2. The minimum absolute atomic E-state index is 0.0897. The van der Waals surface area contributed by atoms with E-state index in [1.807, 2.05) is 19.9 Å². The number of carbonyl (C=O) groups excluding carboxylic acids is 2. The van der Waals surface area contributed by atoms with Crippen molar-refractivity contribution in [2.24, 2.45) is 0 Å². The van der Waals surface area contributed by atoms with E-state index in [0.29, 0.717) is 16.3 Å². The lowest BCUT2D eigenvalue weighted by Gasteiger charge is -2.12. The average molecular weight is 380 g/mol. The molecule has 0 aliphatic heterocycles. The highest BCUT2D eigenvalue weighted by atomic mass is 35.5. The molecular weight excluding hydrogens is 361 g/mol. The van der Waals surface area contributed by atoms with E-state index in [1.165, 1.54) is 19.2 Å². The minimum atomic E-state index is -0.642. The second-order valence-electron chi connectivity index (χ2n) is 5.79. The van der Waals surface area contributed by atoms with E-state index in [-0.39, 0.29) is 12.2 Å². The first-order valence-corrected chi connectivity index (χ1v) is 8.22. The van der Waals surface area contributed by atoms with Crippen molar-refractivity contribution in [2.75, 3.05) is 19.0 Å². The smallest absolute Gasteiger partial charge is 0.310 e. The number of amides is 1. The molecule has 2 aromatic carbocycles. The zero-order valence-electron chi connectivity index (χ0n) is 14.7. The van der Waals surface area contributed by atoms with Gasteiger partial charge in [0.05, 0.1) is 24.2 Å². The van der Waals surface area contributed by atoms with Crippen LogP contribution >= 0.6 is 11.6 Å². The summed E-state index contributed by atoms with van der Waals surface area (Å²) in [5.74, 6) is -1.63. The molecule has 26 heavy (non-hydrogen) atoms. The van der Waals surface area contributed by atoms with Crippen LogP contribution in [0.4, 0.5) is 10.1 Å². The lowest BCUT2D eigenvalue weighted by atomic mass is 10.1. The molecule has 0 fully saturated rings. The Morgan fingerprint density at radius 3 is 2.54 bits per heavy atom. The third-order valence-electron chi connectivity index (χ3n) is 3.63. The van der Waals surface area contributed by atoms with E-state index in [0.717, 1.165) is 11.1 Å². The van der Waals surface area contributed by atoms with Crippen LogP contribution in [0.15, 0.2) is 30.3 Å². The second kappa shape index (κ2) is 8.67. The molecule has 1 amide bonds. The van der Waals surface area contributed by atoms with Crippen LogP contribution < -0.4 is 10.1 Å². The van der Waals surface area contributed by atoms with E-state index < -0.39 is 24.3 Å². The normalized spacial score (nSPS) is 10.3. The first-order valence-electron chi connectivity index (χ1n) is 7.84. The number of hydrogen-bond acceptors (Lipinski definition) is 4. The first kappa shape index (κ1) is 19.7. The van der Waals surface area contributed by atoms with Crippen molar-refractivity contribution in [1.29, 1.82) is 0 Å². The van der Waals surface area contributed by atoms with Gasteiger partial charge in [-0.1, -0.05) is 23.7 Å². The van der Waals surface area contributed by atoms with E-state index >= 15 is 0 Å². The summed E-state index contributed by atoms with van der Waals surface area (Å²) in [6.45, 7) is 3.26. The second-order valence-corrected chi connectivity index (χ2v) is 6.20. The summed E-state index contributed by atoms with van der Waals surface area (Å²) < 4.78 is 23.4. The molecule has 0 aliphatic rings. The molecule has 138 valence electrons. The molecule has 0 aliphatic carbocycles. The largest absolute Gasteiger partial charge is 0.494 e. The van der Waals surface area contributed by atoms with E-state index in [2.05, 4.69) is 5.32 Å². The number of rotatable bonds is 6. The van der Waals surface area contributed by atoms with Gasteiger partial charge in [0, 0.05) is 0 Å². The van der Waals surface area contributed by atoms with Gasteiger partial charge in [0.15, 0.2) is 18.2 Å². The van der Waals surface area contributed by atoms with Crippen molar-refractivity contribution in [3.63, 3.8) is 0 Å². The molecule has 0 bridgehead atoms. The highest BCUT2D eigenvalue weighted by molar-refractivity contribution is 6.34. The van der Waals surface area contributed by atoms with Crippen molar-refractivity contribution in [3.05, 3.63) is 57.9 Å². The summed E-state index contributed by atoms with van der Waals surface area (Å²) in [6.07, 6.45) is -0.154. The minimum Gasteiger partial charge on any atom is -0.494 e. The Bertz CT molecular complexity index is 815. The predicted octanol–water partition coefficient (Wildman–Crippen LogP) is 3.83. The van der Waals surface area contributed by atoms with E-state index in [1.54, 1.807) is 12.1 Å². The van der Waals surface area contributed by atoms with Crippen LogP contribution in [0.1, 0.15) is 16.7 Å². The Labute approximate surface area is 156 Å². The van der Waals surface area contributed by atoms with Crippen LogP contribution in [0.2, 0.25) is 5.02 Å². The first-order chi connectivity index (χ1) is 12.3. The lowest BCUT2D eigenvalue weighted by Crippen LogP contribution is -2.22.